The number of piperidine rings is 1. The molecule has 1 fully saturated rings. The van der Waals surface area contributed by atoms with Gasteiger partial charge in [-0.25, -0.2) is 0 Å². The maximum absolute atomic E-state index is 9.99. The van der Waals surface area contributed by atoms with E-state index in [2.05, 4.69) is 0 Å². The number of nitrogens with two attached hydrogens (primary N) is 1. The largest absolute Gasteiger partial charge is 0.367 e. The number of aliphatic hydroxyl groups excluding tert-OH is 1. The lowest BCUT2D eigenvalue weighted by molar-refractivity contribution is -0.270. The fourth-order valence-electron chi connectivity index (χ4n) is 2.83. The molecule has 0 spiro atoms. The first-order chi connectivity index (χ1) is 6.51. The number of aliphatic hydroxyl groups is 2. The summed E-state index contributed by atoms with van der Waals surface area (Å²) in [5.74, 6) is 0. The zero-order valence-corrected chi connectivity index (χ0v) is 9.86. The van der Waals surface area contributed by atoms with Crippen molar-refractivity contribution in [1.29, 1.82) is 0 Å². The van der Waals surface area contributed by atoms with Gasteiger partial charge < -0.3 is 21.2 Å². The molecule has 15 heavy (non-hydrogen) atoms. The molecule has 0 aliphatic carbocycles. The predicted octanol–water partition coefficient (Wildman–Crippen LogP) is 0.0368. The summed E-state index contributed by atoms with van der Waals surface area (Å²) >= 11 is 0. The number of hydrogen-bond donors (Lipinski definition) is 4. The van der Waals surface area contributed by atoms with Crippen molar-refractivity contribution in [2.24, 2.45) is 5.73 Å². The van der Waals surface area contributed by atoms with Gasteiger partial charge in [0.25, 0.3) is 0 Å². The lowest BCUT2D eigenvalue weighted by Gasteiger charge is -2.55. The van der Waals surface area contributed by atoms with E-state index >= 15 is 0 Å². The average Bonchev–Trinajstić information content (AvgIpc) is 1.98. The van der Waals surface area contributed by atoms with Crippen molar-refractivity contribution in [2.75, 3.05) is 0 Å². The van der Waals surface area contributed by atoms with Crippen molar-refractivity contribution in [3.8, 4) is 0 Å². The van der Waals surface area contributed by atoms with Crippen molar-refractivity contribution in [3.05, 3.63) is 0 Å². The molecule has 1 aliphatic heterocycles. The topological polar surface area (TPSA) is 90.0 Å². The van der Waals surface area contributed by atoms with Crippen LogP contribution in [0.3, 0.4) is 0 Å². The summed E-state index contributed by atoms with van der Waals surface area (Å²) in [4.78, 5) is 0. The second-order valence-corrected chi connectivity index (χ2v) is 5.90. The number of hydrogen-bond acceptors (Lipinski definition) is 5. The molecular weight excluding hydrogens is 196 g/mol. The third-order valence-corrected chi connectivity index (χ3v) is 3.18. The van der Waals surface area contributed by atoms with Gasteiger partial charge in [-0.05, 0) is 40.5 Å². The normalized spacial score (nSPS) is 29.4. The lowest BCUT2D eigenvalue weighted by Crippen LogP contribution is -2.70. The van der Waals surface area contributed by atoms with E-state index in [0.717, 1.165) is 0 Å². The van der Waals surface area contributed by atoms with Gasteiger partial charge in [-0.2, -0.15) is 5.06 Å². The molecule has 0 radical (unpaired) electrons. The van der Waals surface area contributed by atoms with E-state index in [-0.39, 0.29) is 0 Å². The van der Waals surface area contributed by atoms with Crippen LogP contribution < -0.4 is 5.73 Å². The molecule has 1 heterocycles. The SMILES string of the molecule is CC1(C)CC(N)(C(O)O)CC(C)(C)N1O. The molecule has 0 amide bonds. The molecule has 1 saturated heterocycles. The molecule has 0 aromatic rings. The smallest absolute Gasteiger partial charge is 0.169 e. The van der Waals surface area contributed by atoms with Crippen molar-refractivity contribution < 1.29 is 15.4 Å². The van der Waals surface area contributed by atoms with Crippen LogP contribution in [0.15, 0.2) is 0 Å². The van der Waals surface area contributed by atoms with Crippen LogP contribution >= 0.6 is 0 Å². The number of rotatable bonds is 1. The van der Waals surface area contributed by atoms with Gasteiger partial charge in [0, 0.05) is 11.1 Å². The van der Waals surface area contributed by atoms with E-state index in [4.69, 9.17) is 5.73 Å². The molecule has 1 rings (SSSR count). The molecule has 5 N–H and O–H groups in total. The summed E-state index contributed by atoms with van der Waals surface area (Å²) in [5, 5.41) is 29.9. The molecular formula is C10H22N2O3. The number of hydroxylamine groups is 2. The quantitative estimate of drug-likeness (QED) is 0.466. The van der Waals surface area contributed by atoms with E-state index in [0.29, 0.717) is 12.8 Å². The summed E-state index contributed by atoms with van der Waals surface area (Å²) in [6.07, 6.45) is -0.903. The van der Waals surface area contributed by atoms with Gasteiger partial charge in [-0.15, -0.1) is 0 Å². The van der Waals surface area contributed by atoms with Crippen LogP contribution in [0.4, 0.5) is 0 Å². The lowest BCUT2D eigenvalue weighted by atomic mass is 9.70. The fraction of sp³-hybridized carbons (Fsp3) is 1.00. The Bertz CT molecular complexity index is 233. The Kier molecular flexibility index (Phi) is 2.91. The zero-order valence-electron chi connectivity index (χ0n) is 9.86. The van der Waals surface area contributed by atoms with Crippen LogP contribution in [0.1, 0.15) is 40.5 Å². The van der Waals surface area contributed by atoms with Crippen LogP contribution in [0.5, 0.6) is 0 Å². The summed E-state index contributed by atoms with van der Waals surface area (Å²) < 4.78 is 0. The highest BCUT2D eigenvalue weighted by Gasteiger charge is 2.53. The molecule has 0 saturated carbocycles. The van der Waals surface area contributed by atoms with Gasteiger partial charge in [0.05, 0.1) is 5.54 Å². The predicted molar refractivity (Wildman–Crippen MR) is 56.2 cm³/mol. The highest BCUT2D eigenvalue weighted by atomic mass is 16.5. The minimum absolute atomic E-state index is 0.331. The standard InChI is InChI=1S/C10H22N2O3/c1-8(2)5-10(11,7(13)14)6-9(3,4)12(8)15/h7,13-15H,5-6,11H2,1-4H3. The van der Waals surface area contributed by atoms with Gasteiger partial charge in [0.1, 0.15) is 0 Å². The van der Waals surface area contributed by atoms with E-state index in [1.165, 1.54) is 5.06 Å². The Morgan fingerprint density at radius 1 is 1.07 bits per heavy atom. The minimum atomic E-state index is -1.57. The van der Waals surface area contributed by atoms with Crippen LogP contribution in [-0.4, -0.2) is 43.4 Å². The highest BCUT2D eigenvalue weighted by molar-refractivity contribution is 5.06. The van der Waals surface area contributed by atoms with Gasteiger partial charge in [0.2, 0.25) is 0 Å². The molecule has 0 unspecified atom stereocenters. The Labute approximate surface area is 90.5 Å². The van der Waals surface area contributed by atoms with Gasteiger partial charge >= 0.3 is 0 Å². The Morgan fingerprint density at radius 2 is 1.40 bits per heavy atom. The minimum Gasteiger partial charge on any atom is -0.367 e. The Morgan fingerprint density at radius 3 is 1.67 bits per heavy atom. The van der Waals surface area contributed by atoms with Crippen molar-refractivity contribution in [2.45, 2.75) is 63.4 Å². The van der Waals surface area contributed by atoms with Crippen LogP contribution in [0.25, 0.3) is 0 Å². The maximum Gasteiger partial charge on any atom is 0.169 e. The highest BCUT2D eigenvalue weighted by Crippen LogP contribution is 2.41. The fourth-order valence-corrected chi connectivity index (χ4v) is 2.83. The van der Waals surface area contributed by atoms with E-state index in [9.17, 15) is 15.4 Å². The zero-order chi connectivity index (χ0) is 12.1. The average molecular weight is 218 g/mol. The molecule has 5 nitrogen and oxygen atoms in total. The van der Waals surface area contributed by atoms with E-state index in [1.807, 2.05) is 27.7 Å². The first-order valence-electron chi connectivity index (χ1n) is 5.16. The Hall–Kier alpha value is -0.200. The van der Waals surface area contributed by atoms with Crippen molar-refractivity contribution in [1.82, 2.24) is 5.06 Å². The third kappa shape index (κ3) is 2.16. The van der Waals surface area contributed by atoms with Gasteiger partial charge in [-0.3, -0.25) is 0 Å². The Balaban J connectivity index is 3.04. The second-order valence-electron chi connectivity index (χ2n) is 5.90. The second kappa shape index (κ2) is 3.40. The van der Waals surface area contributed by atoms with Gasteiger partial charge in [0.15, 0.2) is 6.29 Å². The van der Waals surface area contributed by atoms with Gasteiger partial charge in [-0.1, -0.05) is 0 Å². The molecule has 0 aromatic carbocycles. The first kappa shape index (κ1) is 12.9. The molecule has 90 valence electrons. The van der Waals surface area contributed by atoms with Crippen molar-refractivity contribution >= 4 is 0 Å². The molecule has 1 aliphatic rings. The van der Waals surface area contributed by atoms with Crippen molar-refractivity contribution in [3.63, 3.8) is 0 Å². The summed E-state index contributed by atoms with van der Waals surface area (Å²) in [7, 11) is 0. The summed E-state index contributed by atoms with van der Waals surface area (Å²) in [5.41, 5.74) is 3.78. The van der Waals surface area contributed by atoms with E-state index in [1.54, 1.807) is 0 Å². The monoisotopic (exact) mass is 218 g/mol. The van der Waals surface area contributed by atoms with Crippen LogP contribution in [-0.2, 0) is 0 Å². The first-order valence-corrected chi connectivity index (χ1v) is 5.16. The molecule has 0 bridgehead atoms. The molecule has 5 heteroatoms. The number of nitrogens with zero attached hydrogens (tertiary/aromatic N) is 1. The van der Waals surface area contributed by atoms with Crippen LogP contribution in [0, 0.1) is 0 Å². The van der Waals surface area contributed by atoms with Crippen LogP contribution in [0.2, 0.25) is 0 Å². The molecule has 0 atom stereocenters. The summed E-state index contributed by atoms with van der Waals surface area (Å²) in [6.45, 7) is 7.32. The third-order valence-electron chi connectivity index (χ3n) is 3.18. The van der Waals surface area contributed by atoms with E-state index < -0.39 is 22.9 Å². The maximum atomic E-state index is 9.99. The molecule has 0 aromatic heterocycles. The summed E-state index contributed by atoms with van der Waals surface area (Å²) in [6, 6.07) is 0.